The van der Waals surface area contributed by atoms with Crippen molar-refractivity contribution in [1.82, 2.24) is 0 Å². The molecule has 1 saturated heterocycles. The van der Waals surface area contributed by atoms with Crippen molar-refractivity contribution < 1.29 is 50.0 Å². The van der Waals surface area contributed by atoms with E-state index in [1.54, 1.807) is 0 Å². The van der Waals surface area contributed by atoms with Gasteiger partial charge in [0.25, 0.3) is 0 Å². The number of carboxylic acid groups (broad SMARTS) is 1. The van der Waals surface area contributed by atoms with E-state index in [2.05, 4.69) is 0 Å². The minimum absolute atomic E-state index is 0.627. The van der Waals surface area contributed by atoms with Gasteiger partial charge in [-0.15, -0.1) is 0 Å². The Kier molecular flexibility index (Phi) is 6.23. The van der Waals surface area contributed by atoms with Crippen LogP contribution >= 0.6 is 0 Å². The normalized spacial score (nSPS) is 34.7. The maximum absolute atomic E-state index is 11.0. The zero-order valence-corrected chi connectivity index (χ0v) is 10.3. The Morgan fingerprint density at radius 3 is 2.20 bits per heavy atom. The first-order chi connectivity index (χ1) is 9.33. The zero-order chi connectivity index (χ0) is 15.4. The minimum atomic E-state index is -2.00. The van der Waals surface area contributed by atoms with Gasteiger partial charge in [0.2, 0.25) is 0 Å². The van der Waals surface area contributed by atoms with Gasteiger partial charge in [0.15, 0.2) is 12.4 Å². The SMILES string of the molecule is O=C(O)[C@H](OC1O[C@H](CO)[C@@H](O)[C@@H]1O)[C@H](O)[C@H](O)CO. The van der Waals surface area contributed by atoms with Crippen molar-refractivity contribution in [3.05, 3.63) is 0 Å². The highest BCUT2D eigenvalue weighted by atomic mass is 16.7. The number of rotatable bonds is 7. The summed E-state index contributed by atoms with van der Waals surface area (Å²) >= 11 is 0. The number of aliphatic hydroxyl groups excluding tert-OH is 6. The Balaban J connectivity index is 2.74. The number of carboxylic acids is 1. The largest absolute Gasteiger partial charge is 0.479 e. The fraction of sp³-hybridized carbons (Fsp3) is 0.900. The molecule has 0 aliphatic carbocycles. The van der Waals surface area contributed by atoms with Crippen LogP contribution in [0.1, 0.15) is 0 Å². The maximum Gasteiger partial charge on any atom is 0.335 e. The highest BCUT2D eigenvalue weighted by Gasteiger charge is 2.46. The molecule has 10 nitrogen and oxygen atoms in total. The second kappa shape index (κ2) is 7.24. The molecule has 1 fully saturated rings. The highest BCUT2D eigenvalue weighted by molar-refractivity contribution is 5.73. The number of hydrogen-bond donors (Lipinski definition) is 7. The van der Waals surface area contributed by atoms with E-state index in [0.29, 0.717) is 0 Å². The van der Waals surface area contributed by atoms with Crippen LogP contribution in [0.5, 0.6) is 0 Å². The Bertz CT molecular complexity index is 323. The number of aliphatic hydroxyl groups is 6. The van der Waals surface area contributed by atoms with Crippen LogP contribution in [0.25, 0.3) is 0 Å². The van der Waals surface area contributed by atoms with Crippen molar-refractivity contribution in [3.63, 3.8) is 0 Å². The fourth-order valence-corrected chi connectivity index (χ4v) is 1.72. The lowest BCUT2D eigenvalue weighted by atomic mass is 10.1. The van der Waals surface area contributed by atoms with E-state index in [0.717, 1.165) is 0 Å². The fourth-order valence-electron chi connectivity index (χ4n) is 1.72. The van der Waals surface area contributed by atoms with Crippen molar-refractivity contribution in [2.75, 3.05) is 13.2 Å². The third-order valence-corrected chi connectivity index (χ3v) is 2.91. The summed E-state index contributed by atoms with van der Waals surface area (Å²) in [6.07, 6.45) is -11.6. The van der Waals surface area contributed by atoms with Crippen molar-refractivity contribution in [1.29, 1.82) is 0 Å². The molecule has 10 heteroatoms. The van der Waals surface area contributed by atoms with Crippen molar-refractivity contribution in [3.8, 4) is 0 Å². The molecule has 0 aromatic carbocycles. The molecule has 0 saturated carbocycles. The van der Waals surface area contributed by atoms with Crippen LogP contribution in [-0.2, 0) is 14.3 Å². The third-order valence-electron chi connectivity index (χ3n) is 2.91. The number of aliphatic carboxylic acids is 1. The Labute approximate surface area is 113 Å². The Hall–Kier alpha value is -0.850. The number of carbonyl (C=O) groups is 1. The first-order valence-electron chi connectivity index (χ1n) is 5.81. The van der Waals surface area contributed by atoms with Gasteiger partial charge in [-0.3, -0.25) is 0 Å². The zero-order valence-electron chi connectivity index (χ0n) is 10.3. The molecular weight excluding hydrogens is 280 g/mol. The van der Waals surface area contributed by atoms with E-state index in [1.165, 1.54) is 0 Å². The van der Waals surface area contributed by atoms with Gasteiger partial charge in [-0.2, -0.15) is 0 Å². The molecule has 1 rings (SSSR count). The van der Waals surface area contributed by atoms with Gasteiger partial charge in [-0.1, -0.05) is 0 Å². The summed E-state index contributed by atoms with van der Waals surface area (Å²) in [4.78, 5) is 11.0. The lowest BCUT2D eigenvalue weighted by molar-refractivity contribution is -0.227. The van der Waals surface area contributed by atoms with Gasteiger partial charge in [0.05, 0.1) is 13.2 Å². The Morgan fingerprint density at radius 2 is 1.80 bits per heavy atom. The van der Waals surface area contributed by atoms with E-state index in [4.69, 9.17) is 24.8 Å². The molecule has 1 heterocycles. The predicted molar refractivity (Wildman–Crippen MR) is 59.4 cm³/mol. The van der Waals surface area contributed by atoms with Crippen LogP contribution in [0.3, 0.4) is 0 Å². The van der Waals surface area contributed by atoms with Crippen LogP contribution < -0.4 is 0 Å². The summed E-state index contributed by atoms with van der Waals surface area (Å²) < 4.78 is 9.70. The summed E-state index contributed by atoms with van der Waals surface area (Å²) in [5.41, 5.74) is 0. The molecule has 0 spiro atoms. The van der Waals surface area contributed by atoms with Crippen molar-refractivity contribution in [2.24, 2.45) is 0 Å². The molecule has 0 aromatic rings. The number of ether oxygens (including phenoxy) is 2. The summed E-state index contributed by atoms with van der Waals surface area (Å²) in [5.74, 6) is -1.66. The van der Waals surface area contributed by atoms with Gasteiger partial charge in [0.1, 0.15) is 30.5 Å². The number of hydrogen-bond acceptors (Lipinski definition) is 9. The molecule has 1 aliphatic rings. The summed E-state index contributed by atoms with van der Waals surface area (Å²) in [5, 5.41) is 64.2. The van der Waals surface area contributed by atoms with E-state index in [1.807, 2.05) is 0 Å². The summed E-state index contributed by atoms with van der Waals surface area (Å²) in [6, 6.07) is 0. The average molecular weight is 298 g/mol. The van der Waals surface area contributed by atoms with Crippen LogP contribution in [-0.4, -0.2) is 97.8 Å². The van der Waals surface area contributed by atoms with E-state index in [9.17, 15) is 25.2 Å². The quantitative estimate of drug-likeness (QED) is 0.243. The molecule has 7 N–H and O–H groups in total. The summed E-state index contributed by atoms with van der Waals surface area (Å²) in [7, 11) is 0. The van der Waals surface area contributed by atoms with E-state index < -0.39 is 62.1 Å². The first kappa shape index (κ1) is 17.2. The van der Waals surface area contributed by atoms with Gasteiger partial charge in [0, 0.05) is 0 Å². The maximum atomic E-state index is 11.0. The molecule has 118 valence electrons. The second-order valence-corrected chi connectivity index (χ2v) is 4.34. The average Bonchev–Trinajstić information content (AvgIpc) is 2.70. The van der Waals surface area contributed by atoms with Gasteiger partial charge in [-0.05, 0) is 0 Å². The first-order valence-corrected chi connectivity index (χ1v) is 5.81. The standard InChI is InChI=1S/C10H18O10/c11-1-3(13)5(14)8(9(17)18)20-10-7(16)6(15)4(2-12)19-10/h3-8,10-16H,1-2H2,(H,17,18)/t3-,4-,5-,6-,7+,8-,10?/m1/s1. The lowest BCUT2D eigenvalue weighted by Gasteiger charge is -2.26. The van der Waals surface area contributed by atoms with E-state index in [-0.39, 0.29) is 0 Å². The second-order valence-electron chi connectivity index (χ2n) is 4.34. The smallest absolute Gasteiger partial charge is 0.335 e. The third kappa shape index (κ3) is 3.62. The molecular formula is C10H18O10. The molecule has 20 heavy (non-hydrogen) atoms. The molecule has 1 unspecified atom stereocenters. The van der Waals surface area contributed by atoms with E-state index >= 15 is 0 Å². The molecule has 0 amide bonds. The van der Waals surface area contributed by atoms with Crippen LogP contribution in [0.4, 0.5) is 0 Å². The molecule has 0 bridgehead atoms. The minimum Gasteiger partial charge on any atom is -0.479 e. The summed E-state index contributed by atoms with van der Waals surface area (Å²) in [6.45, 7) is -1.53. The van der Waals surface area contributed by atoms with Crippen LogP contribution in [0.15, 0.2) is 0 Å². The lowest BCUT2D eigenvalue weighted by Crippen LogP contribution is -2.48. The van der Waals surface area contributed by atoms with Crippen LogP contribution in [0.2, 0.25) is 0 Å². The van der Waals surface area contributed by atoms with Crippen molar-refractivity contribution in [2.45, 2.75) is 42.9 Å². The molecule has 7 atom stereocenters. The predicted octanol–water partition coefficient (Wildman–Crippen LogP) is -4.39. The Morgan fingerprint density at radius 1 is 1.20 bits per heavy atom. The van der Waals surface area contributed by atoms with Gasteiger partial charge >= 0.3 is 5.97 Å². The monoisotopic (exact) mass is 298 g/mol. The van der Waals surface area contributed by atoms with Crippen molar-refractivity contribution >= 4 is 5.97 Å². The van der Waals surface area contributed by atoms with Gasteiger partial charge < -0.3 is 45.2 Å². The molecule has 1 aliphatic heterocycles. The highest BCUT2D eigenvalue weighted by Crippen LogP contribution is 2.24. The molecule has 0 aromatic heterocycles. The van der Waals surface area contributed by atoms with Crippen LogP contribution in [0, 0.1) is 0 Å². The topological polar surface area (TPSA) is 177 Å². The molecule has 0 radical (unpaired) electrons. The van der Waals surface area contributed by atoms with Gasteiger partial charge in [-0.25, -0.2) is 4.79 Å².